The van der Waals surface area contributed by atoms with Crippen LogP contribution in [0.1, 0.15) is 25.7 Å². The fourth-order valence-electron chi connectivity index (χ4n) is 4.90. The quantitative estimate of drug-likeness (QED) is 0.164. The zero-order valence-corrected chi connectivity index (χ0v) is 27.0. The molecule has 1 saturated heterocycles. The molecule has 6 heterocycles. The molecule has 6 rings (SSSR count). The van der Waals surface area contributed by atoms with Crippen molar-refractivity contribution in [1.29, 1.82) is 0 Å². The molecule has 1 aliphatic heterocycles. The fourth-order valence-corrected chi connectivity index (χ4v) is 5.75. The molecule has 47 heavy (non-hydrogen) atoms. The van der Waals surface area contributed by atoms with E-state index >= 15 is 0 Å². The van der Waals surface area contributed by atoms with Crippen LogP contribution in [-0.4, -0.2) is 82.4 Å². The van der Waals surface area contributed by atoms with Crippen LogP contribution in [0, 0.1) is 6.92 Å². The first-order chi connectivity index (χ1) is 23.0. The monoisotopic (exact) mass is 658 g/mol. The van der Waals surface area contributed by atoms with Crippen molar-refractivity contribution in [3.8, 4) is 56.2 Å². The predicted octanol–water partition coefficient (Wildman–Crippen LogP) is 5.41. The molecule has 0 saturated carbocycles. The number of pyridine rings is 3. The number of urea groups is 1. The molecule has 0 spiro atoms. The molecule has 0 bridgehead atoms. The lowest BCUT2D eigenvalue weighted by molar-refractivity contribution is 0.0240. The Morgan fingerprint density at radius 2 is 1.89 bits per heavy atom. The van der Waals surface area contributed by atoms with E-state index in [2.05, 4.69) is 30.8 Å². The number of anilines is 1. The molecule has 5 aromatic rings. The van der Waals surface area contributed by atoms with Crippen LogP contribution in [0.3, 0.4) is 0 Å². The van der Waals surface area contributed by atoms with Gasteiger partial charge in [-0.05, 0) is 31.2 Å². The predicted molar refractivity (Wildman–Crippen MR) is 174 cm³/mol. The number of hydrogen-bond acceptors (Lipinski definition) is 13. The second kappa shape index (κ2) is 15.1. The van der Waals surface area contributed by atoms with Crippen molar-refractivity contribution >= 4 is 23.2 Å². The van der Waals surface area contributed by atoms with E-state index in [1.54, 1.807) is 38.7 Å². The molecule has 244 valence electrons. The third-order valence-corrected chi connectivity index (χ3v) is 8.03. The first-order valence-corrected chi connectivity index (χ1v) is 16.0. The Balaban J connectivity index is 1.46. The number of hydrogen-bond donors (Lipinski definition) is 2. The number of thiazole rings is 1. The van der Waals surface area contributed by atoms with E-state index in [1.165, 1.54) is 11.3 Å². The molecule has 15 heteroatoms. The maximum absolute atomic E-state index is 12.5. The number of carbonyl (C=O) groups excluding carboxylic acids is 1. The third-order valence-electron chi connectivity index (χ3n) is 7.15. The summed E-state index contributed by atoms with van der Waals surface area (Å²) in [5.41, 5.74) is 4.07. The van der Waals surface area contributed by atoms with E-state index in [0.717, 1.165) is 18.4 Å². The number of rotatable bonds is 12. The van der Waals surface area contributed by atoms with Gasteiger partial charge in [-0.1, -0.05) is 0 Å². The first-order valence-electron chi connectivity index (χ1n) is 15.2. The summed E-state index contributed by atoms with van der Waals surface area (Å²) in [5.74, 6) is 1.98. The van der Waals surface area contributed by atoms with Crippen LogP contribution in [0.2, 0.25) is 0 Å². The minimum absolute atomic E-state index is 0.0739. The zero-order chi connectivity index (χ0) is 32.6. The molecule has 2 N–H and O–H groups in total. The van der Waals surface area contributed by atoms with Gasteiger partial charge in [-0.2, -0.15) is 0 Å². The fraction of sp³-hybridized carbons (Fsp3) is 0.344. The van der Waals surface area contributed by atoms with Crippen molar-refractivity contribution in [2.75, 3.05) is 45.4 Å². The molecule has 5 aromatic heterocycles. The minimum Gasteiger partial charge on any atom is -0.475 e. The number of ether oxygens (including phenoxy) is 4. The molecular weight excluding hydrogens is 624 g/mol. The van der Waals surface area contributed by atoms with E-state index in [1.807, 2.05) is 30.5 Å². The van der Waals surface area contributed by atoms with Gasteiger partial charge in [0.15, 0.2) is 0 Å². The van der Waals surface area contributed by atoms with Crippen molar-refractivity contribution in [1.82, 2.24) is 35.5 Å². The Morgan fingerprint density at radius 1 is 1.02 bits per heavy atom. The minimum atomic E-state index is -0.370. The summed E-state index contributed by atoms with van der Waals surface area (Å²) in [6.45, 7) is 6.03. The maximum Gasteiger partial charge on any atom is 0.320 e. The second-order valence-electron chi connectivity index (χ2n) is 10.5. The Morgan fingerprint density at radius 3 is 2.68 bits per heavy atom. The summed E-state index contributed by atoms with van der Waals surface area (Å²) in [6, 6.07) is 7.05. The number of nitrogens with one attached hydrogen (secondary N) is 2. The topological polar surface area (TPSA) is 169 Å². The van der Waals surface area contributed by atoms with Crippen molar-refractivity contribution in [2.45, 2.75) is 32.8 Å². The summed E-state index contributed by atoms with van der Waals surface area (Å²) in [6.07, 6.45) is 6.40. The molecule has 1 fully saturated rings. The summed E-state index contributed by atoms with van der Waals surface area (Å²) in [4.78, 5) is 31.2. The SMILES string of the molecule is CCNC(=O)Nc1cc(-c2nc(-c3cccnc3OCCOC)cs2)c(-c2cc(-c3nnc(C)o3)cnc2OC2CCOCC2)cn1. The van der Waals surface area contributed by atoms with Crippen molar-refractivity contribution < 1.29 is 28.2 Å². The summed E-state index contributed by atoms with van der Waals surface area (Å²) in [7, 11) is 1.62. The molecular formula is C32H34N8O6S. The van der Waals surface area contributed by atoms with Gasteiger partial charge in [0.2, 0.25) is 23.5 Å². The van der Waals surface area contributed by atoms with Crippen LogP contribution in [0.4, 0.5) is 10.6 Å². The summed E-state index contributed by atoms with van der Waals surface area (Å²) < 4.78 is 28.8. The van der Waals surface area contributed by atoms with Crippen LogP contribution in [-0.2, 0) is 9.47 Å². The highest BCUT2D eigenvalue weighted by molar-refractivity contribution is 7.13. The number of carbonyl (C=O) groups is 1. The van der Waals surface area contributed by atoms with Crippen LogP contribution in [0.15, 0.2) is 52.7 Å². The average Bonchev–Trinajstić information content (AvgIpc) is 3.76. The van der Waals surface area contributed by atoms with Gasteiger partial charge in [-0.3, -0.25) is 5.32 Å². The number of aryl methyl sites for hydroxylation is 1. The highest BCUT2D eigenvalue weighted by atomic mass is 32.1. The lowest BCUT2D eigenvalue weighted by Crippen LogP contribution is -2.28. The Labute approximate surface area is 274 Å². The molecule has 0 aromatic carbocycles. The maximum atomic E-state index is 12.5. The molecule has 2 amide bonds. The molecule has 14 nitrogen and oxygen atoms in total. The van der Waals surface area contributed by atoms with E-state index in [4.69, 9.17) is 33.3 Å². The van der Waals surface area contributed by atoms with E-state index in [0.29, 0.717) is 95.3 Å². The molecule has 0 radical (unpaired) electrons. The third kappa shape index (κ3) is 7.70. The van der Waals surface area contributed by atoms with Crippen LogP contribution >= 0.6 is 11.3 Å². The molecule has 0 atom stereocenters. The van der Waals surface area contributed by atoms with Gasteiger partial charge >= 0.3 is 6.03 Å². The lowest BCUT2D eigenvalue weighted by atomic mass is 10.0. The second-order valence-corrected chi connectivity index (χ2v) is 11.3. The van der Waals surface area contributed by atoms with Crippen molar-refractivity contribution in [3.05, 3.63) is 54.1 Å². The van der Waals surface area contributed by atoms with E-state index in [-0.39, 0.29) is 12.1 Å². The summed E-state index contributed by atoms with van der Waals surface area (Å²) >= 11 is 1.43. The molecule has 0 unspecified atom stereocenters. The van der Waals surface area contributed by atoms with E-state index < -0.39 is 0 Å². The number of nitrogens with zero attached hydrogens (tertiary/aromatic N) is 6. The zero-order valence-electron chi connectivity index (χ0n) is 26.2. The van der Waals surface area contributed by atoms with Crippen molar-refractivity contribution in [2.24, 2.45) is 0 Å². The number of methoxy groups -OCH3 is 1. The number of aromatic nitrogens is 6. The Hall–Kier alpha value is -4.99. The Bertz CT molecular complexity index is 1820. The smallest absolute Gasteiger partial charge is 0.320 e. The van der Waals surface area contributed by atoms with Gasteiger partial charge < -0.3 is 28.7 Å². The van der Waals surface area contributed by atoms with Gasteiger partial charge in [-0.25, -0.2) is 24.7 Å². The average molecular weight is 659 g/mol. The first kappa shape index (κ1) is 32.0. The Kier molecular flexibility index (Phi) is 10.2. The van der Waals surface area contributed by atoms with E-state index in [9.17, 15) is 4.79 Å². The highest BCUT2D eigenvalue weighted by Gasteiger charge is 2.24. The summed E-state index contributed by atoms with van der Waals surface area (Å²) in [5, 5.41) is 16.3. The van der Waals surface area contributed by atoms with Gasteiger partial charge in [0.05, 0.1) is 36.6 Å². The van der Waals surface area contributed by atoms with Crippen molar-refractivity contribution in [3.63, 3.8) is 0 Å². The van der Waals surface area contributed by atoms with Crippen LogP contribution in [0.5, 0.6) is 11.8 Å². The number of amides is 2. The largest absolute Gasteiger partial charge is 0.475 e. The molecule has 0 aliphatic carbocycles. The van der Waals surface area contributed by atoms with Crippen LogP contribution < -0.4 is 20.1 Å². The van der Waals surface area contributed by atoms with Gasteiger partial charge in [0.1, 0.15) is 23.5 Å². The van der Waals surface area contributed by atoms with Gasteiger partial charge in [0.25, 0.3) is 0 Å². The normalized spacial score (nSPS) is 13.3. The van der Waals surface area contributed by atoms with Crippen LogP contribution in [0.25, 0.3) is 44.4 Å². The standard InChI is InChI=1S/C32H34N8O6S/c1-4-33-32(41)38-27-15-24(31-37-26(18-47-31)22-6-5-9-34-29(22)44-13-12-42-3)25(17-35-27)23-14-20(28-40-39-19(2)45-28)16-36-30(23)46-21-7-10-43-11-8-21/h5-6,9,14-18,21H,4,7-8,10-13H2,1-3H3,(H2,33,35,38,41). The van der Waals surface area contributed by atoms with Gasteiger partial charge in [-0.15, -0.1) is 21.5 Å². The molecule has 1 aliphatic rings. The lowest BCUT2D eigenvalue weighted by Gasteiger charge is -2.24. The highest BCUT2D eigenvalue weighted by Crippen LogP contribution is 2.42. The van der Waals surface area contributed by atoms with Gasteiger partial charge in [0, 0.05) is 74.1 Å².